The summed E-state index contributed by atoms with van der Waals surface area (Å²) >= 11 is 0. The van der Waals surface area contributed by atoms with Gasteiger partial charge in [0, 0.05) is 32.9 Å². The van der Waals surface area contributed by atoms with Crippen molar-refractivity contribution in [3.05, 3.63) is 74.3 Å². The lowest BCUT2D eigenvalue weighted by molar-refractivity contribution is -0.461. The number of rotatable bonds is 54. The molecule has 4 aliphatic rings. The van der Waals surface area contributed by atoms with Gasteiger partial charge in [0.05, 0.1) is 12.0 Å². The van der Waals surface area contributed by atoms with Crippen molar-refractivity contribution in [3.63, 3.8) is 0 Å². The number of unbranched alkanes of at least 4 members (excludes halogenated alkanes) is 40. The Morgan fingerprint density at radius 1 is 0.390 bits per heavy atom. The third kappa shape index (κ3) is 20.9. The van der Waals surface area contributed by atoms with Crippen LogP contribution in [0.4, 0.5) is 0 Å². The highest BCUT2D eigenvalue weighted by molar-refractivity contribution is 7.45. The van der Waals surface area contributed by atoms with Gasteiger partial charge in [-0.3, -0.25) is 18.1 Å². The summed E-state index contributed by atoms with van der Waals surface area (Å²) in [5.74, 6) is -0.667. The van der Waals surface area contributed by atoms with Crippen molar-refractivity contribution in [3.8, 4) is 17.2 Å². The first-order valence-electron chi connectivity index (χ1n) is 42.2. The van der Waals surface area contributed by atoms with Gasteiger partial charge in [-0.15, -0.1) is 0 Å². The maximum Gasteiger partial charge on any atom is 0.387 e. The number of aromatic hydroxyl groups is 3. The van der Waals surface area contributed by atoms with E-state index in [0.717, 1.165) is 147 Å². The van der Waals surface area contributed by atoms with E-state index in [0.29, 0.717) is 29.3 Å². The Morgan fingerprint density at radius 3 is 1.06 bits per heavy atom. The van der Waals surface area contributed by atoms with E-state index in [4.69, 9.17) is 26.5 Å². The molecule has 0 amide bonds. The molecule has 9 rings (SSSR count). The van der Waals surface area contributed by atoms with E-state index in [1.165, 1.54) is 211 Å². The topological polar surface area (TPSA) is 124 Å². The van der Waals surface area contributed by atoms with Crippen molar-refractivity contribution in [1.29, 1.82) is 0 Å². The fourth-order valence-corrected chi connectivity index (χ4v) is 21.1. The smallest absolute Gasteiger partial charge is 0.387 e. The first-order chi connectivity index (χ1) is 48.0. The molecule has 3 aromatic carbocycles. The van der Waals surface area contributed by atoms with Gasteiger partial charge >= 0.3 is 22.8 Å². The van der Waals surface area contributed by atoms with Gasteiger partial charge in [-0.2, -0.15) is 0 Å². The van der Waals surface area contributed by atoms with Crippen molar-refractivity contribution in [2.75, 3.05) is 6.61 Å². The summed E-state index contributed by atoms with van der Waals surface area (Å²) in [5, 5.41) is 38.5. The minimum atomic E-state index is -1.97. The molecule has 4 aliphatic heterocycles. The molecule has 0 aliphatic carbocycles. The van der Waals surface area contributed by atoms with Gasteiger partial charge < -0.3 is 23.7 Å². The largest absolute Gasteiger partial charge is 0.508 e. The van der Waals surface area contributed by atoms with Crippen molar-refractivity contribution < 1.29 is 41.8 Å². The van der Waals surface area contributed by atoms with Gasteiger partial charge in [-0.05, 0) is 103 Å². The SMILES string of the molecule is CCCCCCCCCCCCCC(c1cc(C(C)(C)C)c(O)cc1C)(c1c(C)c2op3oc1c(c2O)C(C)(C)CO3)C(CCCCCCCCCCCCC)(CCCCCCCCCCCCC)C(CCCCCCCCCCCCC)(c1cc(C(C)(C)C)c(O)cc1C)C12OP(O1)O2. The van der Waals surface area contributed by atoms with E-state index < -0.39 is 55.3 Å². The third-order valence-electron chi connectivity index (χ3n) is 24.3. The van der Waals surface area contributed by atoms with E-state index >= 15 is 0 Å². The zero-order valence-electron chi connectivity index (χ0n) is 67.1. The van der Waals surface area contributed by atoms with E-state index in [1.54, 1.807) is 0 Å². The predicted octanol–water partition coefficient (Wildman–Crippen LogP) is 29.9. The second kappa shape index (κ2) is 40.8. The minimum absolute atomic E-state index is 0.158. The zero-order chi connectivity index (χ0) is 72.5. The maximum absolute atomic E-state index is 13.2. The summed E-state index contributed by atoms with van der Waals surface area (Å²) in [6.07, 6.45) is 57.1. The molecule has 100 heavy (non-hydrogen) atoms. The molecule has 0 spiro atoms. The monoisotopic (exact) mass is 1430 g/mol. The third-order valence-corrected chi connectivity index (χ3v) is 26.4. The van der Waals surface area contributed by atoms with Crippen LogP contribution in [-0.2, 0) is 40.6 Å². The molecular formula is C89H150O9P2. The molecule has 6 heterocycles. The summed E-state index contributed by atoms with van der Waals surface area (Å²) in [4.78, 5) is 0. The number of hydrogen-bond donors (Lipinski definition) is 3. The van der Waals surface area contributed by atoms with Gasteiger partial charge in [0.25, 0.3) is 0 Å². The summed E-state index contributed by atoms with van der Waals surface area (Å²) in [6, 6.07) is 9.07. The van der Waals surface area contributed by atoms with E-state index in [9.17, 15) is 15.3 Å². The lowest BCUT2D eigenvalue weighted by Crippen LogP contribution is -2.76. The van der Waals surface area contributed by atoms with Crippen LogP contribution >= 0.6 is 16.8 Å². The molecule has 6 bridgehead atoms. The Morgan fingerprint density at radius 2 is 0.710 bits per heavy atom. The van der Waals surface area contributed by atoms with E-state index in [-0.39, 0.29) is 5.75 Å². The lowest BCUT2D eigenvalue weighted by atomic mass is 9.38. The van der Waals surface area contributed by atoms with Gasteiger partial charge in [-0.25, -0.2) is 0 Å². The second-order valence-corrected chi connectivity index (χ2v) is 37.0. The molecule has 5 aromatic rings. The molecule has 11 heteroatoms. The van der Waals surface area contributed by atoms with Gasteiger partial charge in [0.1, 0.15) is 17.1 Å². The van der Waals surface area contributed by atoms with Crippen LogP contribution in [0.1, 0.15) is 441 Å². The average Bonchev–Trinajstić information content (AvgIpc) is 0.711. The number of phenolic OH excluding ortho intramolecular Hbond substituents is 3. The number of hydrogen-bond acceptors (Lipinski definition) is 9. The normalized spacial score (nSPS) is 18.1. The molecular weight excluding hydrogens is 1270 g/mol. The first kappa shape index (κ1) is 84.5. The molecule has 3 saturated heterocycles. The summed E-state index contributed by atoms with van der Waals surface area (Å²) < 4.78 is 44.2. The van der Waals surface area contributed by atoms with Gasteiger partial charge in [0.2, 0.25) is 0 Å². The lowest BCUT2D eigenvalue weighted by Gasteiger charge is -2.72. The fourth-order valence-electron chi connectivity index (χ4n) is 18.7. The van der Waals surface area contributed by atoms with Gasteiger partial charge in [0.15, 0.2) is 11.3 Å². The number of fused-ring (bicyclic) bond motifs is 1. The summed E-state index contributed by atoms with van der Waals surface area (Å²) in [6.45, 7) is 34.3. The van der Waals surface area contributed by atoms with Crippen LogP contribution in [0.2, 0.25) is 0 Å². The minimum Gasteiger partial charge on any atom is -0.508 e. The Balaban J connectivity index is 1.61. The fraction of sp³-hybridized carbons (Fsp3) is 0.798. The average molecular weight is 1430 g/mol. The van der Waals surface area contributed by atoms with Crippen LogP contribution in [0, 0.1) is 26.2 Å². The molecule has 3 fully saturated rings. The van der Waals surface area contributed by atoms with Crippen molar-refractivity contribution >= 4 is 28.0 Å². The highest BCUT2D eigenvalue weighted by atomic mass is 31.2. The van der Waals surface area contributed by atoms with E-state index in [2.05, 4.69) is 128 Å². The van der Waals surface area contributed by atoms with Crippen LogP contribution in [0.3, 0.4) is 0 Å². The van der Waals surface area contributed by atoms with Crippen molar-refractivity contribution in [2.45, 2.75) is 445 Å². The van der Waals surface area contributed by atoms with Crippen LogP contribution in [-0.4, -0.2) is 27.9 Å². The first-order valence-corrected chi connectivity index (χ1v) is 44.4. The number of benzene rings is 3. The summed E-state index contributed by atoms with van der Waals surface area (Å²) in [5.41, 5.74) is 5.76. The Hall–Kier alpha value is -2.77. The molecule has 570 valence electrons. The second-order valence-electron chi connectivity index (χ2n) is 34.9. The maximum atomic E-state index is 13.2. The summed E-state index contributed by atoms with van der Waals surface area (Å²) in [7, 11) is -3.54. The molecule has 0 saturated carbocycles. The molecule has 3 atom stereocenters. The predicted molar refractivity (Wildman–Crippen MR) is 426 cm³/mol. The molecule has 3 unspecified atom stereocenters. The van der Waals surface area contributed by atoms with Crippen LogP contribution in [0.5, 0.6) is 17.2 Å². The quantitative estimate of drug-likeness (QED) is 0.0293. The Bertz CT molecular complexity index is 3000. The molecule has 9 nitrogen and oxygen atoms in total. The molecule has 3 N–H and O–H groups in total. The molecule has 0 radical (unpaired) electrons. The Labute approximate surface area is 615 Å². The number of phenols is 3. The van der Waals surface area contributed by atoms with Crippen molar-refractivity contribution in [2.24, 2.45) is 5.41 Å². The standard InChI is InChI=1S/C89H150O9P2/c1-16-20-24-28-32-36-40-44-48-52-56-60-86(61-57-53-49-45-41-37-33-29-25-21-17-2,88(89-96-100(97-89)98-89,63-59-55-51-47-43-39-35-31-27-23-19-4)73-67-75(84(11,12)13)77(91)65-70(73)6)87(62-58-54-50-46-42-38-34-30-26-22-18-3,72-66-74(83(8,9)10)76(90)64-69(72)5)78-71(7)81-80(92)79-82(78)95-99(94-81)93-68-85(79,14)15/h64-67,90-92H,16-63,68H2,1-15H3. The molecule has 2 aromatic heterocycles. The number of aryl methyl sites for hydroxylation is 3. The van der Waals surface area contributed by atoms with Crippen LogP contribution in [0.15, 0.2) is 32.7 Å². The van der Waals surface area contributed by atoms with Gasteiger partial charge in [-0.1, -0.05) is 378 Å². The van der Waals surface area contributed by atoms with Crippen LogP contribution < -0.4 is 4.52 Å². The van der Waals surface area contributed by atoms with Crippen LogP contribution in [0.25, 0.3) is 11.2 Å². The Kier molecular flexibility index (Phi) is 34.5. The highest BCUT2D eigenvalue weighted by Crippen LogP contribution is 2.85. The van der Waals surface area contributed by atoms with Crippen molar-refractivity contribution in [1.82, 2.24) is 0 Å². The van der Waals surface area contributed by atoms with E-state index in [1.807, 2.05) is 0 Å². The zero-order valence-corrected chi connectivity index (χ0v) is 68.9. The highest BCUT2D eigenvalue weighted by Gasteiger charge is 2.83.